The van der Waals surface area contributed by atoms with Gasteiger partial charge in [0.2, 0.25) is 0 Å². The van der Waals surface area contributed by atoms with E-state index in [1.165, 1.54) is 38.5 Å². The van der Waals surface area contributed by atoms with Gasteiger partial charge >= 0.3 is 0 Å². The summed E-state index contributed by atoms with van der Waals surface area (Å²) in [7, 11) is 0. The van der Waals surface area contributed by atoms with Gasteiger partial charge in [0, 0.05) is 21.0 Å². The van der Waals surface area contributed by atoms with Gasteiger partial charge in [-0.15, -0.1) is 0 Å². The lowest BCUT2D eigenvalue weighted by atomic mass is 9.85. The number of benzene rings is 2. The predicted molar refractivity (Wildman–Crippen MR) is 124 cm³/mol. The number of aromatic nitrogens is 1. The average molecular weight is 449 g/mol. The first kappa shape index (κ1) is 18.7. The molecule has 0 amide bonds. The highest BCUT2D eigenvalue weighted by molar-refractivity contribution is 9.10. The number of aromatic amines is 1. The Balaban J connectivity index is 1.53. The van der Waals surface area contributed by atoms with Crippen LogP contribution in [-0.2, 0) is 0 Å². The molecule has 1 saturated carbocycles. The van der Waals surface area contributed by atoms with E-state index in [0.29, 0.717) is 0 Å². The zero-order chi connectivity index (χ0) is 19.8. The van der Waals surface area contributed by atoms with E-state index in [1.54, 1.807) is 0 Å². The fraction of sp³-hybridized carbons (Fsp3) is 0.320. The first-order chi connectivity index (χ1) is 14.2. The Labute approximate surface area is 179 Å². The number of hydrogen-bond acceptors (Lipinski definition) is 2. The molecule has 1 aliphatic heterocycles. The first-order valence-corrected chi connectivity index (χ1v) is 11.4. The van der Waals surface area contributed by atoms with Crippen LogP contribution in [0.5, 0.6) is 5.88 Å². The van der Waals surface area contributed by atoms with E-state index in [2.05, 4.69) is 45.2 Å². The third kappa shape index (κ3) is 3.55. The molecule has 3 nitrogen and oxygen atoms in total. The SMILES string of the molecule is Oc1[nH]c2cc(Br)ccc2c1C1=Nc2ccccc2/C1=C/CCC1CCCCC1. The van der Waals surface area contributed by atoms with Crippen LogP contribution in [0.25, 0.3) is 16.5 Å². The van der Waals surface area contributed by atoms with Crippen LogP contribution in [0.3, 0.4) is 0 Å². The molecule has 0 saturated heterocycles. The molecule has 0 bridgehead atoms. The van der Waals surface area contributed by atoms with Crippen molar-refractivity contribution in [2.24, 2.45) is 10.9 Å². The van der Waals surface area contributed by atoms with Gasteiger partial charge in [-0.1, -0.05) is 78.4 Å². The number of H-pyrrole nitrogens is 1. The molecule has 0 spiro atoms. The summed E-state index contributed by atoms with van der Waals surface area (Å²) in [5.74, 6) is 1.04. The second-order valence-corrected chi connectivity index (χ2v) is 9.13. The lowest BCUT2D eigenvalue weighted by Crippen LogP contribution is -2.06. The molecular formula is C25H25BrN2O. The molecule has 0 atom stereocenters. The van der Waals surface area contributed by atoms with Gasteiger partial charge in [0.25, 0.3) is 0 Å². The van der Waals surface area contributed by atoms with Crippen LogP contribution in [0, 0.1) is 5.92 Å². The number of nitrogens with one attached hydrogen (secondary N) is 1. The van der Waals surface area contributed by atoms with Crippen LogP contribution in [0.4, 0.5) is 5.69 Å². The van der Waals surface area contributed by atoms with Crippen molar-refractivity contribution in [1.82, 2.24) is 4.98 Å². The number of halogens is 1. The molecule has 2 aromatic carbocycles. The van der Waals surface area contributed by atoms with Crippen LogP contribution in [0.2, 0.25) is 0 Å². The van der Waals surface area contributed by atoms with Crippen molar-refractivity contribution in [3.63, 3.8) is 0 Å². The number of aromatic hydroxyl groups is 1. The van der Waals surface area contributed by atoms with Crippen LogP contribution in [-0.4, -0.2) is 15.8 Å². The minimum absolute atomic E-state index is 0.183. The van der Waals surface area contributed by atoms with Gasteiger partial charge in [0.15, 0.2) is 5.88 Å². The van der Waals surface area contributed by atoms with Gasteiger partial charge in [-0.25, -0.2) is 4.99 Å². The van der Waals surface area contributed by atoms with Crippen molar-refractivity contribution in [2.45, 2.75) is 44.9 Å². The largest absolute Gasteiger partial charge is 0.494 e. The fourth-order valence-corrected chi connectivity index (χ4v) is 5.20. The highest BCUT2D eigenvalue weighted by Crippen LogP contribution is 2.42. The lowest BCUT2D eigenvalue weighted by Gasteiger charge is -2.20. The molecule has 29 heavy (non-hydrogen) atoms. The van der Waals surface area contributed by atoms with Crippen LogP contribution in [0.1, 0.15) is 56.1 Å². The summed E-state index contributed by atoms with van der Waals surface area (Å²) in [6.45, 7) is 0. The summed E-state index contributed by atoms with van der Waals surface area (Å²) in [6.07, 6.45) is 11.6. The van der Waals surface area contributed by atoms with Gasteiger partial charge in [-0.05, 0) is 37.0 Å². The van der Waals surface area contributed by atoms with Crippen molar-refractivity contribution in [3.05, 3.63) is 64.1 Å². The number of fused-ring (bicyclic) bond motifs is 2. The van der Waals surface area contributed by atoms with Crippen LogP contribution < -0.4 is 0 Å². The first-order valence-electron chi connectivity index (χ1n) is 10.6. The Morgan fingerprint density at radius 1 is 1.10 bits per heavy atom. The minimum atomic E-state index is 0.183. The average Bonchev–Trinajstić information content (AvgIpc) is 3.25. The van der Waals surface area contributed by atoms with Gasteiger partial charge in [-0.3, -0.25) is 0 Å². The minimum Gasteiger partial charge on any atom is -0.494 e. The van der Waals surface area contributed by atoms with Gasteiger partial charge < -0.3 is 10.1 Å². The van der Waals surface area contributed by atoms with Gasteiger partial charge in [-0.2, -0.15) is 0 Å². The lowest BCUT2D eigenvalue weighted by molar-refractivity contribution is 0.341. The Morgan fingerprint density at radius 3 is 2.79 bits per heavy atom. The molecule has 1 aliphatic carbocycles. The summed E-state index contributed by atoms with van der Waals surface area (Å²) in [6, 6.07) is 14.3. The Bertz CT molecular complexity index is 1120. The summed E-state index contributed by atoms with van der Waals surface area (Å²) < 4.78 is 0.984. The number of hydrogen-bond donors (Lipinski definition) is 2. The summed E-state index contributed by atoms with van der Waals surface area (Å²) >= 11 is 3.51. The number of para-hydroxylation sites is 1. The van der Waals surface area contributed by atoms with Gasteiger partial charge in [0.05, 0.1) is 22.5 Å². The van der Waals surface area contributed by atoms with Crippen molar-refractivity contribution in [1.29, 1.82) is 0 Å². The monoisotopic (exact) mass is 448 g/mol. The molecule has 148 valence electrons. The number of aliphatic imine (C=N–C) groups is 1. The molecule has 2 heterocycles. The second-order valence-electron chi connectivity index (χ2n) is 8.22. The van der Waals surface area contributed by atoms with E-state index >= 15 is 0 Å². The molecule has 3 aromatic rings. The van der Waals surface area contributed by atoms with Crippen LogP contribution in [0.15, 0.2) is 58.0 Å². The maximum atomic E-state index is 10.7. The van der Waals surface area contributed by atoms with Crippen molar-refractivity contribution < 1.29 is 5.11 Å². The van der Waals surface area contributed by atoms with E-state index in [9.17, 15) is 5.11 Å². The Morgan fingerprint density at radius 2 is 1.93 bits per heavy atom. The normalized spacial score (nSPS) is 18.4. The topological polar surface area (TPSA) is 48.4 Å². The van der Waals surface area contributed by atoms with E-state index < -0.39 is 0 Å². The molecule has 2 N–H and O–H groups in total. The van der Waals surface area contributed by atoms with E-state index in [0.717, 1.165) is 55.8 Å². The van der Waals surface area contributed by atoms with Crippen molar-refractivity contribution in [2.75, 3.05) is 0 Å². The Hall–Kier alpha value is -2.33. The third-order valence-electron chi connectivity index (χ3n) is 6.31. The fourth-order valence-electron chi connectivity index (χ4n) is 4.84. The quantitative estimate of drug-likeness (QED) is 0.425. The Kier molecular flexibility index (Phi) is 5.04. The maximum Gasteiger partial charge on any atom is 0.199 e. The van der Waals surface area contributed by atoms with Crippen molar-refractivity contribution in [3.8, 4) is 5.88 Å². The molecule has 1 fully saturated rings. The standard InChI is InChI=1S/C25H25BrN2O/c26-17-13-14-20-22(15-17)28-25(29)23(20)24-19(18-10-4-5-12-21(18)27-24)11-6-9-16-7-2-1-3-8-16/h4-5,10-16,28-29H,1-3,6-9H2/b19-11-. The molecule has 1 aromatic heterocycles. The number of nitrogens with zero attached hydrogens (tertiary/aromatic N) is 1. The molecule has 5 rings (SSSR count). The predicted octanol–water partition coefficient (Wildman–Crippen LogP) is 7.51. The zero-order valence-corrected chi connectivity index (χ0v) is 18.0. The zero-order valence-electron chi connectivity index (χ0n) is 16.4. The molecule has 2 aliphatic rings. The summed E-state index contributed by atoms with van der Waals surface area (Å²) in [5.41, 5.74) is 5.88. The van der Waals surface area contributed by atoms with E-state index in [-0.39, 0.29) is 5.88 Å². The molecular weight excluding hydrogens is 424 g/mol. The van der Waals surface area contributed by atoms with Crippen molar-refractivity contribution >= 4 is 43.8 Å². The summed E-state index contributed by atoms with van der Waals surface area (Å²) in [4.78, 5) is 8.05. The van der Waals surface area contributed by atoms with Crippen LogP contribution >= 0.6 is 15.9 Å². The summed E-state index contributed by atoms with van der Waals surface area (Å²) in [5, 5.41) is 11.7. The number of allylic oxidation sites excluding steroid dienone is 2. The highest BCUT2D eigenvalue weighted by atomic mass is 79.9. The highest BCUT2D eigenvalue weighted by Gasteiger charge is 2.27. The maximum absolute atomic E-state index is 10.7. The van der Waals surface area contributed by atoms with E-state index in [1.807, 2.05) is 24.3 Å². The second kappa shape index (κ2) is 7.83. The molecule has 0 radical (unpaired) electrons. The number of rotatable bonds is 4. The smallest absolute Gasteiger partial charge is 0.199 e. The molecule has 0 unspecified atom stereocenters. The molecule has 4 heteroatoms. The third-order valence-corrected chi connectivity index (χ3v) is 6.80. The van der Waals surface area contributed by atoms with Gasteiger partial charge in [0.1, 0.15) is 0 Å². The van der Waals surface area contributed by atoms with E-state index in [4.69, 9.17) is 4.99 Å².